The SMILES string of the molecule is CS(=O)(=O)Nc1ccc(-c2ccc(C(=O)N3CCCC3CN3CCCC3)cc2)cn1.Cl.Cl. The lowest BCUT2D eigenvalue weighted by Gasteiger charge is -2.28. The maximum atomic E-state index is 13.1. The number of benzene rings is 1. The van der Waals surface area contributed by atoms with Gasteiger partial charge in [-0.05, 0) is 68.6 Å². The molecule has 32 heavy (non-hydrogen) atoms. The molecule has 1 unspecified atom stereocenters. The highest BCUT2D eigenvalue weighted by Gasteiger charge is 2.31. The number of rotatable bonds is 6. The van der Waals surface area contributed by atoms with Crippen molar-refractivity contribution in [2.75, 3.05) is 37.2 Å². The van der Waals surface area contributed by atoms with Crippen LogP contribution < -0.4 is 4.72 Å². The van der Waals surface area contributed by atoms with E-state index in [1.807, 2.05) is 35.2 Å². The van der Waals surface area contributed by atoms with Crippen molar-refractivity contribution >= 4 is 46.6 Å². The maximum absolute atomic E-state index is 13.1. The summed E-state index contributed by atoms with van der Waals surface area (Å²) in [5.41, 5.74) is 2.50. The second kappa shape index (κ2) is 11.3. The van der Waals surface area contributed by atoms with E-state index in [1.54, 1.807) is 12.3 Å². The summed E-state index contributed by atoms with van der Waals surface area (Å²) >= 11 is 0. The molecule has 1 amide bonds. The third kappa shape index (κ3) is 6.57. The lowest BCUT2D eigenvalue weighted by molar-refractivity contribution is 0.0709. The second-order valence-electron chi connectivity index (χ2n) is 8.19. The van der Waals surface area contributed by atoms with Crippen LogP contribution in [0, 0.1) is 0 Å². The minimum absolute atomic E-state index is 0. The Kier molecular flexibility index (Phi) is 9.33. The molecule has 0 saturated carbocycles. The average molecular weight is 501 g/mol. The predicted molar refractivity (Wildman–Crippen MR) is 132 cm³/mol. The first kappa shape index (κ1) is 26.4. The Bertz CT molecular complexity index is 995. The van der Waals surface area contributed by atoms with Gasteiger partial charge in [-0.25, -0.2) is 13.4 Å². The lowest BCUT2D eigenvalue weighted by Crippen LogP contribution is -2.42. The summed E-state index contributed by atoms with van der Waals surface area (Å²) in [6, 6.07) is 11.3. The fourth-order valence-electron chi connectivity index (χ4n) is 4.34. The van der Waals surface area contributed by atoms with Gasteiger partial charge in [0.15, 0.2) is 0 Å². The summed E-state index contributed by atoms with van der Waals surface area (Å²) < 4.78 is 24.9. The fourth-order valence-corrected chi connectivity index (χ4v) is 4.84. The third-order valence-electron chi connectivity index (χ3n) is 5.82. The molecule has 176 valence electrons. The molecule has 2 aliphatic rings. The number of hydrogen-bond donors (Lipinski definition) is 1. The number of likely N-dealkylation sites (tertiary alicyclic amines) is 2. The number of carbonyl (C=O) groups is 1. The topological polar surface area (TPSA) is 82.6 Å². The van der Waals surface area contributed by atoms with Crippen LogP contribution in [0.5, 0.6) is 0 Å². The summed E-state index contributed by atoms with van der Waals surface area (Å²) in [6.07, 6.45) is 7.40. The van der Waals surface area contributed by atoms with Gasteiger partial charge in [0.2, 0.25) is 10.0 Å². The summed E-state index contributed by atoms with van der Waals surface area (Å²) in [4.78, 5) is 21.8. The summed E-state index contributed by atoms with van der Waals surface area (Å²) in [5.74, 6) is 0.389. The van der Waals surface area contributed by atoms with Crippen molar-refractivity contribution in [2.24, 2.45) is 0 Å². The summed E-state index contributed by atoms with van der Waals surface area (Å²) in [6.45, 7) is 4.13. The quantitative estimate of drug-likeness (QED) is 0.654. The number of aromatic nitrogens is 1. The zero-order valence-electron chi connectivity index (χ0n) is 18.1. The van der Waals surface area contributed by atoms with Crippen LogP contribution in [0.1, 0.15) is 36.0 Å². The van der Waals surface area contributed by atoms with Gasteiger partial charge in [0, 0.05) is 36.5 Å². The second-order valence-corrected chi connectivity index (χ2v) is 9.93. The van der Waals surface area contributed by atoms with Gasteiger partial charge in [0.05, 0.1) is 6.26 Å². The van der Waals surface area contributed by atoms with E-state index in [4.69, 9.17) is 0 Å². The monoisotopic (exact) mass is 500 g/mol. The van der Waals surface area contributed by atoms with Crippen LogP contribution in [0.15, 0.2) is 42.6 Å². The predicted octanol–water partition coefficient (Wildman–Crippen LogP) is 3.66. The molecule has 0 spiro atoms. The van der Waals surface area contributed by atoms with Crippen molar-refractivity contribution in [3.63, 3.8) is 0 Å². The molecule has 0 aliphatic carbocycles. The highest BCUT2D eigenvalue weighted by atomic mass is 35.5. The van der Waals surface area contributed by atoms with E-state index in [-0.39, 0.29) is 36.5 Å². The van der Waals surface area contributed by atoms with Gasteiger partial charge in [-0.1, -0.05) is 12.1 Å². The standard InChI is InChI=1S/C22H28N4O3S.2ClH/c1-30(28,29)24-21-11-10-19(15-23-21)17-6-8-18(9-7-17)22(27)26-14-4-5-20(26)16-25-12-2-3-13-25;;/h6-11,15,20H,2-5,12-14,16H2,1H3,(H,23,24);2*1H. The van der Waals surface area contributed by atoms with Gasteiger partial charge in [-0.15, -0.1) is 24.8 Å². The first-order valence-corrected chi connectivity index (χ1v) is 12.4. The Morgan fingerprint density at radius 1 is 1.00 bits per heavy atom. The maximum Gasteiger partial charge on any atom is 0.254 e. The number of carbonyl (C=O) groups excluding carboxylic acids is 1. The van der Waals surface area contributed by atoms with Gasteiger partial charge >= 0.3 is 0 Å². The third-order valence-corrected chi connectivity index (χ3v) is 6.40. The van der Waals surface area contributed by atoms with Crippen LogP contribution in [0.4, 0.5) is 5.82 Å². The van der Waals surface area contributed by atoms with Crippen LogP contribution in [0.2, 0.25) is 0 Å². The van der Waals surface area contributed by atoms with Gasteiger partial charge in [0.1, 0.15) is 5.82 Å². The average Bonchev–Trinajstić information content (AvgIpc) is 3.39. The minimum atomic E-state index is -3.35. The molecule has 2 saturated heterocycles. The highest BCUT2D eigenvalue weighted by molar-refractivity contribution is 7.92. The number of nitrogens with one attached hydrogen (secondary N) is 1. The zero-order chi connectivity index (χ0) is 21.1. The molecule has 10 heteroatoms. The van der Waals surface area contributed by atoms with E-state index in [9.17, 15) is 13.2 Å². The Morgan fingerprint density at radius 3 is 2.25 bits per heavy atom. The molecule has 3 heterocycles. The van der Waals surface area contributed by atoms with Crippen molar-refractivity contribution in [1.82, 2.24) is 14.8 Å². The molecular formula is C22H30Cl2N4O3S. The molecule has 1 aromatic heterocycles. The molecule has 7 nitrogen and oxygen atoms in total. The molecule has 4 rings (SSSR count). The smallest absolute Gasteiger partial charge is 0.254 e. The number of hydrogen-bond acceptors (Lipinski definition) is 5. The van der Waals surface area contributed by atoms with Crippen LogP contribution in [-0.4, -0.2) is 67.6 Å². The van der Waals surface area contributed by atoms with Crippen molar-refractivity contribution in [2.45, 2.75) is 31.7 Å². The first-order chi connectivity index (χ1) is 14.4. The Labute approximate surface area is 202 Å². The van der Waals surface area contributed by atoms with E-state index in [1.165, 1.54) is 12.8 Å². The van der Waals surface area contributed by atoms with Crippen LogP contribution in [0.3, 0.4) is 0 Å². The van der Waals surface area contributed by atoms with Gasteiger partial charge < -0.3 is 9.80 Å². The van der Waals surface area contributed by atoms with Crippen molar-refractivity contribution in [3.8, 4) is 11.1 Å². The molecule has 2 aromatic rings. The van der Waals surface area contributed by atoms with Crippen LogP contribution in [-0.2, 0) is 10.0 Å². The van der Waals surface area contributed by atoms with Crippen molar-refractivity contribution in [1.29, 1.82) is 0 Å². The minimum Gasteiger partial charge on any atom is -0.334 e. The van der Waals surface area contributed by atoms with E-state index >= 15 is 0 Å². The Morgan fingerprint density at radius 2 is 1.66 bits per heavy atom. The fraction of sp³-hybridized carbons (Fsp3) is 0.455. The molecular weight excluding hydrogens is 471 g/mol. The lowest BCUT2D eigenvalue weighted by atomic mass is 10.0. The molecule has 0 radical (unpaired) electrons. The van der Waals surface area contributed by atoms with E-state index < -0.39 is 10.0 Å². The van der Waals surface area contributed by atoms with Crippen LogP contribution >= 0.6 is 24.8 Å². The number of pyridine rings is 1. The van der Waals surface area contributed by atoms with Gasteiger partial charge in [0.25, 0.3) is 5.91 Å². The van der Waals surface area contributed by atoms with E-state index in [2.05, 4.69) is 14.6 Å². The number of amides is 1. The van der Waals surface area contributed by atoms with E-state index in [0.717, 1.165) is 56.4 Å². The first-order valence-electron chi connectivity index (χ1n) is 10.5. The molecule has 0 bridgehead atoms. The number of anilines is 1. The largest absolute Gasteiger partial charge is 0.334 e. The molecule has 1 aromatic carbocycles. The van der Waals surface area contributed by atoms with E-state index in [0.29, 0.717) is 11.6 Å². The number of nitrogens with zero attached hydrogens (tertiary/aromatic N) is 3. The van der Waals surface area contributed by atoms with Gasteiger partial charge in [-0.3, -0.25) is 9.52 Å². The Hall–Kier alpha value is -1.87. The summed E-state index contributed by atoms with van der Waals surface area (Å²) in [5, 5.41) is 0. The zero-order valence-corrected chi connectivity index (χ0v) is 20.5. The summed E-state index contributed by atoms with van der Waals surface area (Å²) in [7, 11) is -3.35. The molecule has 2 fully saturated rings. The number of sulfonamides is 1. The van der Waals surface area contributed by atoms with Gasteiger partial charge in [-0.2, -0.15) is 0 Å². The molecule has 1 atom stereocenters. The molecule has 1 N–H and O–H groups in total. The normalized spacial score (nSPS) is 18.7. The Balaban J connectivity index is 0.00000181. The van der Waals surface area contributed by atoms with Crippen molar-refractivity contribution < 1.29 is 13.2 Å². The van der Waals surface area contributed by atoms with Crippen molar-refractivity contribution in [3.05, 3.63) is 48.2 Å². The highest BCUT2D eigenvalue weighted by Crippen LogP contribution is 2.25. The van der Waals surface area contributed by atoms with Crippen LogP contribution in [0.25, 0.3) is 11.1 Å². The molecule has 2 aliphatic heterocycles. The number of halogens is 2.